The van der Waals surface area contributed by atoms with Crippen LogP contribution < -0.4 is 5.32 Å². The highest BCUT2D eigenvalue weighted by atomic mass is 15.2. The van der Waals surface area contributed by atoms with E-state index in [2.05, 4.69) is 42.3 Å². The molecule has 2 nitrogen and oxygen atoms in total. The van der Waals surface area contributed by atoms with Crippen molar-refractivity contribution in [1.29, 1.82) is 0 Å². The molecule has 98 valence electrons. The minimum absolute atomic E-state index is 0.778. The predicted molar refractivity (Wildman–Crippen MR) is 75.7 cm³/mol. The van der Waals surface area contributed by atoms with Crippen LogP contribution in [0.5, 0.6) is 0 Å². The van der Waals surface area contributed by atoms with Gasteiger partial charge in [-0.2, -0.15) is 0 Å². The molecule has 2 heteroatoms. The molecule has 0 radical (unpaired) electrons. The van der Waals surface area contributed by atoms with Crippen molar-refractivity contribution in [2.24, 2.45) is 5.92 Å². The molecule has 0 bridgehead atoms. The molecule has 1 aromatic carbocycles. The number of rotatable bonds is 3. The summed E-state index contributed by atoms with van der Waals surface area (Å²) < 4.78 is 0. The maximum absolute atomic E-state index is 3.55. The van der Waals surface area contributed by atoms with E-state index in [0.717, 1.165) is 25.0 Å². The molecule has 0 aromatic heterocycles. The highest BCUT2D eigenvalue weighted by molar-refractivity contribution is 5.30. The highest BCUT2D eigenvalue weighted by Crippen LogP contribution is 2.36. The van der Waals surface area contributed by atoms with Crippen LogP contribution in [0.25, 0.3) is 0 Å². The maximum Gasteiger partial charge on any atom is 0.0252 e. The van der Waals surface area contributed by atoms with Gasteiger partial charge in [-0.3, -0.25) is 4.90 Å². The van der Waals surface area contributed by atoms with Crippen LogP contribution in [0, 0.1) is 19.8 Å². The van der Waals surface area contributed by atoms with Crippen LogP contribution >= 0.6 is 0 Å². The molecule has 1 saturated carbocycles. The zero-order valence-electron chi connectivity index (χ0n) is 11.6. The van der Waals surface area contributed by atoms with E-state index in [-0.39, 0.29) is 0 Å². The number of nitrogens with zero attached hydrogens (tertiary/aromatic N) is 1. The molecule has 1 aromatic rings. The van der Waals surface area contributed by atoms with Gasteiger partial charge < -0.3 is 5.32 Å². The molecule has 1 N–H and O–H groups in total. The fourth-order valence-electron chi connectivity index (χ4n) is 3.05. The molecule has 18 heavy (non-hydrogen) atoms. The van der Waals surface area contributed by atoms with E-state index < -0.39 is 0 Å². The standard InChI is InChI=1S/C16H24N2/c1-12-3-4-14(9-13(12)2)11-18-8-7-17-10-16(18)15-5-6-15/h3-4,9,15-17H,5-8,10-11H2,1-2H3. The van der Waals surface area contributed by atoms with Crippen molar-refractivity contribution in [3.63, 3.8) is 0 Å². The fraction of sp³-hybridized carbons (Fsp3) is 0.625. The molecular formula is C16H24N2. The molecule has 1 aliphatic heterocycles. The van der Waals surface area contributed by atoms with Gasteiger partial charge in [0.2, 0.25) is 0 Å². The Bertz CT molecular complexity index is 423. The summed E-state index contributed by atoms with van der Waals surface area (Å²) >= 11 is 0. The van der Waals surface area contributed by atoms with Crippen molar-refractivity contribution < 1.29 is 0 Å². The predicted octanol–water partition coefficient (Wildman–Crippen LogP) is 2.49. The SMILES string of the molecule is Cc1ccc(CN2CCNCC2C2CC2)cc1C. The Morgan fingerprint density at radius 2 is 2.06 bits per heavy atom. The summed E-state index contributed by atoms with van der Waals surface area (Å²) in [4.78, 5) is 2.69. The molecular weight excluding hydrogens is 220 g/mol. The lowest BCUT2D eigenvalue weighted by atomic mass is 10.0. The second-order valence-electron chi connectivity index (χ2n) is 6.00. The van der Waals surface area contributed by atoms with E-state index in [1.807, 2.05) is 0 Å². The lowest BCUT2D eigenvalue weighted by molar-refractivity contribution is 0.135. The summed E-state index contributed by atoms with van der Waals surface area (Å²) in [7, 11) is 0. The normalized spacial score (nSPS) is 25.3. The Morgan fingerprint density at radius 1 is 1.22 bits per heavy atom. The fourth-order valence-corrected chi connectivity index (χ4v) is 3.05. The van der Waals surface area contributed by atoms with Crippen LogP contribution in [-0.4, -0.2) is 30.6 Å². The molecule has 1 aliphatic carbocycles. The lowest BCUT2D eigenvalue weighted by Crippen LogP contribution is -2.51. The highest BCUT2D eigenvalue weighted by Gasteiger charge is 2.36. The van der Waals surface area contributed by atoms with Crippen LogP contribution in [0.3, 0.4) is 0 Å². The number of hydrogen-bond acceptors (Lipinski definition) is 2. The van der Waals surface area contributed by atoms with Gasteiger partial charge in [-0.1, -0.05) is 18.2 Å². The largest absolute Gasteiger partial charge is 0.314 e. The lowest BCUT2D eigenvalue weighted by Gasteiger charge is -2.36. The summed E-state index contributed by atoms with van der Waals surface area (Å²) in [5.74, 6) is 0.962. The van der Waals surface area contributed by atoms with E-state index in [1.165, 1.54) is 42.6 Å². The monoisotopic (exact) mass is 244 g/mol. The first kappa shape index (κ1) is 12.2. The average Bonchev–Trinajstić information content (AvgIpc) is 3.19. The summed E-state index contributed by atoms with van der Waals surface area (Å²) in [6.07, 6.45) is 2.88. The Hall–Kier alpha value is -0.860. The molecule has 1 saturated heterocycles. The van der Waals surface area contributed by atoms with Gasteiger partial charge in [-0.05, 0) is 49.3 Å². The Morgan fingerprint density at radius 3 is 2.78 bits per heavy atom. The van der Waals surface area contributed by atoms with Gasteiger partial charge in [-0.15, -0.1) is 0 Å². The first-order valence-corrected chi connectivity index (χ1v) is 7.25. The van der Waals surface area contributed by atoms with Gasteiger partial charge in [0.1, 0.15) is 0 Å². The third-order valence-electron chi connectivity index (χ3n) is 4.52. The molecule has 2 aliphatic rings. The number of aryl methyl sites for hydroxylation is 2. The Kier molecular flexibility index (Phi) is 3.40. The van der Waals surface area contributed by atoms with Gasteiger partial charge >= 0.3 is 0 Å². The summed E-state index contributed by atoms with van der Waals surface area (Å²) in [5.41, 5.74) is 4.30. The number of benzene rings is 1. The van der Waals surface area contributed by atoms with E-state index in [9.17, 15) is 0 Å². The maximum atomic E-state index is 3.55. The first-order chi connectivity index (χ1) is 8.74. The van der Waals surface area contributed by atoms with Gasteiger partial charge in [0, 0.05) is 32.2 Å². The zero-order valence-corrected chi connectivity index (χ0v) is 11.6. The molecule has 0 amide bonds. The Balaban J connectivity index is 1.71. The van der Waals surface area contributed by atoms with Crippen LogP contribution in [0.4, 0.5) is 0 Å². The van der Waals surface area contributed by atoms with Crippen LogP contribution in [-0.2, 0) is 6.54 Å². The van der Waals surface area contributed by atoms with Crippen LogP contribution in [0.1, 0.15) is 29.5 Å². The summed E-state index contributed by atoms with van der Waals surface area (Å²) in [6, 6.07) is 7.70. The Labute approximate surface area is 110 Å². The smallest absolute Gasteiger partial charge is 0.0252 e. The van der Waals surface area contributed by atoms with Crippen molar-refractivity contribution in [3.05, 3.63) is 34.9 Å². The average molecular weight is 244 g/mol. The molecule has 3 rings (SSSR count). The molecule has 2 fully saturated rings. The topological polar surface area (TPSA) is 15.3 Å². The quantitative estimate of drug-likeness (QED) is 0.879. The van der Waals surface area contributed by atoms with E-state index in [0.29, 0.717) is 0 Å². The van der Waals surface area contributed by atoms with E-state index >= 15 is 0 Å². The van der Waals surface area contributed by atoms with Gasteiger partial charge in [-0.25, -0.2) is 0 Å². The van der Waals surface area contributed by atoms with Crippen molar-refractivity contribution in [3.8, 4) is 0 Å². The second kappa shape index (κ2) is 5.02. The molecule has 0 spiro atoms. The van der Waals surface area contributed by atoms with Gasteiger partial charge in [0.05, 0.1) is 0 Å². The van der Waals surface area contributed by atoms with Gasteiger partial charge in [0.15, 0.2) is 0 Å². The van der Waals surface area contributed by atoms with E-state index in [1.54, 1.807) is 0 Å². The molecule has 1 atom stereocenters. The minimum atomic E-state index is 0.778. The van der Waals surface area contributed by atoms with Crippen molar-refractivity contribution in [2.75, 3.05) is 19.6 Å². The molecule has 1 unspecified atom stereocenters. The van der Waals surface area contributed by atoms with E-state index in [4.69, 9.17) is 0 Å². The number of hydrogen-bond donors (Lipinski definition) is 1. The zero-order chi connectivity index (χ0) is 12.5. The summed E-state index contributed by atoms with van der Waals surface area (Å²) in [6.45, 7) is 9.08. The third kappa shape index (κ3) is 2.60. The third-order valence-corrected chi connectivity index (χ3v) is 4.52. The van der Waals surface area contributed by atoms with Gasteiger partial charge in [0.25, 0.3) is 0 Å². The number of piperazine rings is 1. The summed E-state index contributed by atoms with van der Waals surface area (Å²) in [5, 5.41) is 3.55. The van der Waals surface area contributed by atoms with Crippen LogP contribution in [0.15, 0.2) is 18.2 Å². The number of nitrogens with one attached hydrogen (secondary N) is 1. The van der Waals surface area contributed by atoms with Crippen molar-refractivity contribution in [1.82, 2.24) is 10.2 Å². The van der Waals surface area contributed by atoms with Crippen LogP contribution in [0.2, 0.25) is 0 Å². The molecule has 1 heterocycles. The second-order valence-corrected chi connectivity index (χ2v) is 6.00. The minimum Gasteiger partial charge on any atom is -0.314 e. The first-order valence-electron chi connectivity index (χ1n) is 7.25. The van der Waals surface area contributed by atoms with Crippen molar-refractivity contribution >= 4 is 0 Å². The van der Waals surface area contributed by atoms with Crippen molar-refractivity contribution in [2.45, 2.75) is 39.3 Å².